The third kappa shape index (κ3) is 11.2. The third-order valence-electron chi connectivity index (χ3n) is 4.21. The van der Waals surface area contributed by atoms with E-state index < -0.39 is 0 Å². The van der Waals surface area contributed by atoms with Gasteiger partial charge in [-0.05, 0) is 6.42 Å². The maximum Gasteiger partial charge on any atom is 0.0519 e. The summed E-state index contributed by atoms with van der Waals surface area (Å²) in [7, 11) is 0. The van der Waals surface area contributed by atoms with Gasteiger partial charge in [0.1, 0.15) is 0 Å². The van der Waals surface area contributed by atoms with Crippen LogP contribution in [0.4, 0.5) is 0 Å². The van der Waals surface area contributed by atoms with Crippen molar-refractivity contribution in [2.75, 3.05) is 6.61 Å². The van der Waals surface area contributed by atoms with Crippen molar-refractivity contribution in [3.8, 4) is 0 Å². The molecule has 0 saturated carbocycles. The topological polar surface area (TPSA) is 20.2 Å². The molecule has 114 valence electrons. The maximum atomic E-state index is 9.28. The quantitative estimate of drug-likeness (QED) is 0.308. The van der Waals surface area contributed by atoms with Crippen LogP contribution in [0, 0.1) is 5.41 Å². The summed E-state index contributed by atoms with van der Waals surface area (Å²) in [5.74, 6) is 0. The van der Waals surface area contributed by atoms with E-state index in [1.807, 2.05) is 6.08 Å². The molecular weight excluding hydrogens is 232 g/mol. The molecule has 0 amide bonds. The van der Waals surface area contributed by atoms with E-state index in [1.54, 1.807) is 0 Å². The summed E-state index contributed by atoms with van der Waals surface area (Å²) in [6, 6.07) is 0. The summed E-state index contributed by atoms with van der Waals surface area (Å²) < 4.78 is 0. The van der Waals surface area contributed by atoms with Crippen LogP contribution in [0.2, 0.25) is 0 Å². The molecule has 1 atom stereocenters. The molecule has 1 N–H and O–H groups in total. The fourth-order valence-corrected chi connectivity index (χ4v) is 2.44. The predicted octanol–water partition coefficient (Wildman–Crippen LogP) is 5.87. The highest BCUT2D eigenvalue weighted by Gasteiger charge is 2.17. The van der Waals surface area contributed by atoms with Crippen LogP contribution >= 0.6 is 0 Å². The van der Waals surface area contributed by atoms with E-state index >= 15 is 0 Å². The van der Waals surface area contributed by atoms with Gasteiger partial charge >= 0.3 is 0 Å². The summed E-state index contributed by atoms with van der Waals surface area (Å²) in [6.45, 7) is 8.41. The monoisotopic (exact) mass is 268 g/mol. The van der Waals surface area contributed by atoms with Crippen LogP contribution in [-0.2, 0) is 0 Å². The number of unbranched alkanes of at least 4 members (excludes halogenated alkanes) is 10. The molecule has 1 unspecified atom stereocenters. The summed E-state index contributed by atoms with van der Waals surface area (Å²) >= 11 is 0. The van der Waals surface area contributed by atoms with Crippen molar-refractivity contribution < 1.29 is 5.11 Å². The molecule has 0 aliphatic heterocycles. The lowest BCUT2D eigenvalue weighted by atomic mass is 9.85. The summed E-state index contributed by atoms with van der Waals surface area (Å²) in [6.07, 6.45) is 18.1. The van der Waals surface area contributed by atoms with Crippen molar-refractivity contribution in [3.63, 3.8) is 0 Å². The summed E-state index contributed by atoms with van der Waals surface area (Å²) in [5, 5.41) is 9.28. The maximum absolute atomic E-state index is 9.28. The highest BCUT2D eigenvalue weighted by Crippen LogP contribution is 2.25. The number of aliphatic hydroxyl groups is 1. The van der Waals surface area contributed by atoms with E-state index in [0.717, 1.165) is 6.42 Å². The van der Waals surface area contributed by atoms with Gasteiger partial charge in [-0.25, -0.2) is 0 Å². The van der Waals surface area contributed by atoms with Crippen molar-refractivity contribution >= 4 is 0 Å². The minimum Gasteiger partial charge on any atom is -0.395 e. The fraction of sp³-hybridized carbons (Fsp3) is 0.889. The van der Waals surface area contributed by atoms with Gasteiger partial charge in [0.2, 0.25) is 0 Å². The summed E-state index contributed by atoms with van der Waals surface area (Å²) in [5.41, 5.74) is -0.0563. The Hall–Kier alpha value is -0.300. The molecule has 0 aliphatic rings. The Kier molecular flexibility index (Phi) is 12.5. The Morgan fingerprint density at radius 1 is 0.842 bits per heavy atom. The van der Waals surface area contributed by atoms with Gasteiger partial charge in [0.25, 0.3) is 0 Å². The molecule has 1 heteroatoms. The minimum absolute atomic E-state index is 0.0563. The van der Waals surface area contributed by atoms with Gasteiger partial charge in [-0.3, -0.25) is 0 Å². The van der Waals surface area contributed by atoms with Crippen molar-refractivity contribution in [2.24, 2.45) is 5.41 Å². The van der Waals surface area contributed by atoms with Crippen LogP contribution in [-0.4, -0.2) is 11.7 Å². The molecule has 1 nitrogen and oxygen atoms in total. The van der Waals surface area contributed by atoms with Gasteiger partial charge in [0.15, 0.2) is 0 Å². The lowest BCUT2D eigenvalue weighted by Crippen LogP contribution is -2.17. The zero-order valence-corrected chi connectivity index (χ0v) is 13.4. The molecule has 0 spiro atoms. The number of rotatable bonds is 14. The van der Waals surface area contributed by atoms with E-state index in [0.29, 0.717) is 0 Å². The van der Waals surface area contributed by atoms with Gasteiger partial charge in [-0.1, -0.05) is 90.6 Å². The van der Waals surface area contributed by atoms with Crippen molar-refractivity contribution in [1.82, 2.24) is 0 Å². The first-order valence-electron chi connectivity index (χ1n) is 8.43. The van der Waals surface area contributed by atoms with Gasteiger partial charge in [-0.15, -0.1) is 6.58 Å². The Morgan fingerprint density at radius 3 is 1.63 bits per heavy atom. The largest absolute Gasteiger partial charge is 0.395 e. The SMILES string of the molecule is C=CC(C)(CO)CCCCCCCCCCCCC. The average Bonchev–Trinajstić information content (AvgIpc) is 2.44. The van der Waals surface area contributed by atoms with Crippen LogP contribution in [0.25, 0.3) is 0 Å². The molecule has 0 radical (unpaired) electrons. The van der Waals surface area contributed by atoms with Gasteiger partial charge in [0, 0.05) is 5.41 Å². The summed E-state index contributed by atoms with van der Waals surface area (Å²) in [4.78, 5) is 0. The molecule has 0 saturated heterocycles. The Morgan fingerprint density at radius 2 is 1.26 bits per heavy atom. The molecule has 0 fully saturated rings. The van der Waals surface area contributed by atoms with E-state index in [9.17, 15) is 5.11 Å². The Bertz CT molecular complexity index is 200. The highest BCUT2D eigenvalue weighted by atomic mass is 16.3. The normalized spacial score (nSPS) is 14.3. The molecule has 19 heavy (non-hydrogen) atoms. The molecule has 0 aromatic heterocycles. The second-order valence-electron chi connectivity index (χ2n) is 6.30. The Balaban J connectivity index is 3.21. The van der Waals surface area contributed by atoms with Crippen LogP contribution < -0.4 is 0 Å². The zero-order chi connectivity index (χ0) is 14.4. The molecule has 0 aromatic carbocycles. The van der Waals surface area contributed by atoms with Gasteiger partial charge < -0.3 is 5.11 Å². The molecule has 0 aromatic rings. The standard InChI is InChI=1S/C18H36O/c1-4-6-7-8-9-10-11-12-13-14-15-16-18(3,5-2)17-19/h5,19H,2,4,6-17H2,1,3H3. The van der Waals surface area contributed by atoms with Crippen LogP contribution in [0.15, 0.2) is 12.7 Å². The first-order chi connectivity index (χ1) is 9.18. The molecule has 0 aliphatic carbocycles. The van der Waals surface area contributed by atoms with Crippen molar-refractivity contribution in [1.29, 1.82) is 0 Å². The smallest absolute Gasteiger partial charge is 0.0519 e. The molecule has 0 heterocycles. The number of aliphatic hydroxyl groups excluding tert-OH is 1. The van der Waals surface area contributed by atoms with Crippen molar-refractivity contribution in [2.45, 2.75) is 90.9 Å². The first kappa shape index (κ1) is 18.7. The lowest BCUT2D eigenvalue weighted by molar-refractivity contribution is 0.172. The predicted molar refractivity (Wildman–Crippen MR) is 86.5 cm³/mol. The number of hydrogen-bond acceptors (Lipinski definition) is 1. The van der Waals surface area contributed by atoms with Crippen molar-refractivity contribution in [3.05, 3.63) is 12.7 Å². The average molecular weight is 268 g/mol. The lowest BCUT2D eigenvalue weighted by Gasteiger charge is -2.22. The Labute approximate surface area is 121 Å². The highest BCUT2D eigenvalue weighted by molar-refractivity contribution is 4.90. The fourth-order valence-electron chi connectivity index (χ4n) is 2.44. The number of hydrogen-bond donors (Lipinski definition) is 1. The minimum atomic E-state index is -0.0563. The van der Waals surface area contributed by atoms with Crippen LogP contribution in [0.1, 0.15) is 90.9 Å². The third-order valence-corrected chi connectivity index (χ3v) is 4.21. The molecular formula is C18H36O. The second kappa shape index (κ2) is 12.7. The van der Waals surface area contributed by atoms with E-state index in [2.05, 4.69) is 20.4 Å². The van der Waals surface area contributed by atoms with Gasteiger partial charge in [0.05, 0.1) is 6.61 Å². The molecule has 0 bridgehead atoms. The van der Waals surface area contributed by atoms with E-state index in [4.69, 9.17) is 0 Å². The second-order valence-corrected chi connectivity index (χ2v) is 6.30. The first-order valence-corrected chi connectivity index (χ1v) is 8.43. The van der Waals surface area contributed by atoms with E-state index in [1.165, 1.54) is 70.6 Å². The molecule has 0 rings (SSSR count). The van der Waals surface area contributed by atoms with Crippen LogP contribution in [0.3, 0.4) is 0 Å². The van der Waals surface area contributed by atoms with E-state index in [-0.39, 0.29) is 12.0 Å². The van der Waals surface area contributed by atoms with Gasteiger partial charge in [-0.2, -0.15) is 0 Å². The zero-order valence-electron chi connectivity index (χ0n) is 13.4. The van der Waals surface area contributed by atoms with Crippen LogP contribution in [0.5, 0.6) is 0 Å².